The largest absolute Gasteiger partial charge is 0.330 e. The van der Waals surface area contributed by atoms with Crippen LogP contribution in [-0.2, 0) is 4.79 Å². The first kappa shape index (κ1) is 13.5. The van der Waals surface area contributed by atoms with E-state index in [9.17, 15) is 4.79 Å². The van der Waals surface area contributed by atoms with Crippen LogP contribution in [0.2, 0.25) is 0 Å². The van der Waals surface area contributed by atoms with Crippen molar-refractivity contribution in [3.05, 3.63) is 36.0 Å². The Labute approximate surface area is 113 Å². The Morgan fingerprint density at radius 3 is 2.89 bits per heavy atom. The molecule has 0 aliphatic rings. The zero-order valence-electron chi connectivity index (χ0n) is 11.3. The van der Waals surface area contributed by atoms with Gasteiger partial charge in [0.15, 0.2) is 0 Å². The van der Waals surface area contributed by atoms with Crippen molar-refractivity contribution >= 4 is 22.5 Å². The molecular weight excluding hydrogens is 238 g/mol. The van der Waals surface area contributed by atoms with Gasteiger partial charge in [-0.3, -0.25) is 9.78 Å². The van der Waals surface area contributed by atoms with Crippen LogP contribution >= 0.6 is 0 Å². The number of amides is 1. The van der Waals surface area contributed by atoms with Crippen LogP contribution in [0.5, 0.6) is 0 Å². The van der Waals surface area contributed by atoms with Crippen LogP contribution in [0.3, 0.4) is 0 Å². The summed E-state index contributed by atoms with van der Waals surface area (Å²) in [5, 5.41) is 3.94. The normalized spacial score (nSPS) is 12.4. The highest BCUT2D eigenvalue weighted by molar-refractivity contribution is 6.01. The predicted octanol–water partition coefficient (Wildman–Crippen LogP) is 2.47. The van der Waals surface area contributed by atoms with Crippen molar-refractivity contribution in [1.82, 2.24) is 4.98 Å². The minimum absolute atomic E-state index is 0.00111. The van der Waals surface area contributed by atoms with Gasteiger partial charge in [0.2, 0.25) is 5.91 Å². The lowest BCUT2D eigenvalue weighted by Gasteiger charge is -2.13. The van der Waals surface area contributed by atoms with Crippen LogP contribution in [0.15, 0.2) is 30.3 Å². The molecule has 0 saturated heterocycles. The Morgan fingerprint density at radius 2 is 2.16 bits per heavy atom. The van der Waals surface area contributed by atoms with Gasteiger partial charge in [-0.2, -0.15) is 0 Å². The number of para-hydroxylation sites is 1. The number of hydrogen-bond donors (Lipinski definition) is 2. The fourth-order valence-electron chi connectivity index (χ4n) is 2.05. The molecule has 0 fully saturated rings. The molecule has 19 heavy (non-hydrogen) atoms. The molecule has 1 atom stereocenters. The van der Waals surface area contributed by atoms with Crippen molar-refractivity contribution < 1.29 is 4.79 Å². The third-order valence-corrected chi connectivity index (χ3v) is 3.15. The number of aromatic nitrogens is 1. The lowest BCUT2D eigenvalue weighted by atomic mass is 10.1. The zero-order chi connectivity index (χ0) is 13.8. The first-order chi connectivity index (χ1) is 9.11. The van der Waals surface area contributed by atoms with E-state index in [1.165, 1.54) is 0 Å². The van der Waals surface area contributed by atoms with Crippen molar-refractivity contribution in [3.63, 3.8) is 0 Å². The molecule has 1 amide bonds. The van der Waals surface area contributed by atoms with Gasteiger partial charge < -0.3 is 11.1 Å². The van der Waals surface area contributed by atoms with E-state index in [1.54, 1.807) is 0 Å². The summed E-state index contributed by atoms with van der Waals surface area (Å²) in [5.74, 6) is -0.0848. The van der Waals surface area contributed by atoms with Crippen LogP contribution in [-0.4, -0.2) is 17.4 Å². The van der Waals surface area contributed by atoms with Gasteiger partial charge in [0.25, 0.3) is 0 Å². The molecule has 0 spiro atoms. The maximum absolute atomic E-state index is 12.1. The summed E-state index contributed by atoms with van der Waals surface area (Å²) >= 11 is 0. The van der Waals surface area contributed by atoms with Gasteiger partial charge in [-0.05, 0) is 32.0 Å². The summed E-state index contributed by atoms with van der Waals surface area (Å²) in [4.78, 5) is 16.5. The summed E-state index contributed by atoms with van der Waals surface area (Å²) < 4.78 is 0. The molecule has 3 N–H and O–H groups in total. The Hall–Kier alpha value is -1.94. The van der Waals surface area contributed by atoms with E-state index in [-0.39, 0.29) is 11.8 Å². The Kier molecular flexibility index (Phi) is 4.12. The Morgan fingerprint density at radius 1 is 1.42 bits per heavy atom. The number of carbonyl (C=O) groups excluding carboxylic acids is 1. The van der Waals surface area contributed by atoms with Gasteiger partial charge in [0.1, 0.15) is 0 Å². The van der Waals surface area contributed by atoms with E-state index in [2.05, 4.69) is 10.3 Å². The lowest BCUT2D eigenvalue weighted by Crippen LogP contribution is -2.23. The van der Waals surface area contributed by atoms with Gasteiger partial charge >= 0.3 is 0 Å². The van der Waals surface area contributed by atoms with Gasteiger partial charge in [-0.1, -0.05) is 25.1 Å². The Bertz CT molecular complexity index is 595. The summed E-state index contributed by atoms with van der Waals surface area (Å²) in [6, 6.07) is 9.69. The first-order valence-electron chi connectivity index (χ1n) is 6.49. The highest BCUT2D eigenvalue weighted by atomic mass is 16.1. The third-order valence-electron chi connectivity index (χ3n) is 3.15. The minimum Gasteiger partial charge on any atom is -0.330 e. The van der Waals surface area contributed by atoms with E-state index in [0.29, 0.717) is 13.0 Å². The highest BCUT2D eigenvalue weighted by Gasteiger charge is 2.13. The summed E-state index contributed by atoms with van der Waals surface area (Å²) in [7, 11) is 0. The monoisotopic (exact) mass is 257 g/mol. The molecule has 1 aromatic heterocycles. The fourth-order valence-corrected chi connectivity index (χ4v) is 2.05. The second-order valence-corrected chi connectivity index (χ2v) is 4.80. The van der Waals surface area contributed by atoms with Gasteiger partial charge in [-0.15, -0.1) is 0 Å². The average molecular weight is 257 g/mol. The molecule has 1 heterocycles. The highest BCUT2D eigenvalue weighted by Crippen LogP contribution is 2.23. The number of anilines is 1. The van der Waals surface area contributed by atoms with Crippen LogP contribution in [0, 0.1) is 12.8 Å². The SMILES string of the molecule is Cc1cc(NC(=O)C(C)CCN)c2ccccc2n1. The number of aryl methyl sites for hydroxylation is 1. The first-order valence-corrected chi connectivity index (χ1v) is 6.49. The number of benzene rings is 1. The summed E-state index contributed by atoms with van der Waals surface area (Å²) in [5.41, 5.74) is 8.08. The average Bonchev–Trinajstić information content (AvgIpc) is 2.38. The molecular formula is C15H19N3O. The molecule has 0 aliphatic heterocycles. The molecule has 0 saturated carbocycles. The second-order valence-electron chi connectivity index (χ2n) is 4.80. The number of fused-ring (bicyclic) bond motifs is 1. The van der Waals surface area contributed by atoms with E-state index in [0.717, 1.165) is 22.3 Å². The number of carbonyl (C=O) groups is 1. The van der Waals surface area contributed by atoms with E-state index < -0.39 is 0 Å². The van der Waals surface area contributed by atoms with Crippen molar-refractivity contribution in [1.29, 1.82) is 0 Å². The molecule has 0 radical (unpaired) electrons. The van der Waals surface area contributed by atoms with Crippen molar-refractivity contribution in [2.45, 2.75) is 20.3 Å². The molecule has 100 valence electrons. The second kappa shape index (κ2) is 5.80. The summed E-state index contributed by atoms with van der Waals surface area (Å²) in [6.07, 6.45) is 0.688. The number of nitrogens with one attached hydrogen (secondary N) is 1. The van der Waals surface area contributed by atoms with Crippen LogP contribution < -0.4 is 11.1 Å². The van der Waals surface area contributed by atoms with Gasteiger partial charge in [-0.25, -0.2) is 0 Å². The predicted molar refractivity (Wildman–Crippen MR) is 77.9 cm³/mol. The number of hydrogen-bond acceptors (Lipinski definition) is 3. The Balaban J connectivity index is 2.32. The topological polar surface area (TPSA) is 68.0 Å². The zero-order valence-corrected chi connectivity index (χ0v) is 11.3. The molecule has 1 unspecified atom stereocenters. The third kappa shape index (κ3) is 3.09. The van der Waals surface area contributed by atoms with E-state index >= 15 is 0 Å². The van der Waals surface area contributed by atoms with E-state index in [4.69, 9.17) is 5.73 Å². The number of pyridine rings is 1. The number of nitrogens with two attached hydrogens (primary N) is 1. The maximum atomic E-state index is 12.1. The standard InChI is InChI=1S/C15H19N3O/c1-10(7-8-16)15(19)18-14-9-11(2)17-13-6-4-3-5-12(13)14/h3-6,9-10H,7-8,16H2,1-2H3,(H,17,18,19). The molecule has 2 rings (SSSR count). The minimum atomic E-state index is -0.0859. The molecule has 4 heteroatoms. The van der Waals surface area contributed by atoms with Crippen molar-refractivity contribution in [2.24, 2.45) is 11.7 Å². The molecule has 0 bridgehead atoms. The fraction of sp³-hybridized carbons (Fsp3) is 0.333. The molecule has 2 aromatic rings. The van der Waals surface area contributed by atoms with Crippen LogP contribution in [0.25, 0.3) is 10.9 Å². The molecule has 4 nitrogen and oxygen atoms in total. The molecule has 0 aliphatic carbocycles. The van der Waals surface area contributed by atoms with Crippen LogP contribution in [0.1, 0.15) is 19.0 Å². The smallest absolute Gasteiger partial charge is 0.227 e. The van der Waals surface area contributed by atoms with E-state index in [1.807, 2.05) is 44.2 Å². The molecule has 1 aromatic carbocycles. The van der Waals surface area contributed by atoms with Crippen LogP contribution in [0.4, 0.5) is 5.69 Å². The number of rotatable bonds is 4. The van der Waals surface area contributed by atoms with Gasteiger partial charge in [0.05, 0.1) is 11.2 Å². The number of nitrogens with zero attached hydrogens (tertiary/aromatic N) is 1. The summed E-state index contributed by atoms with van der Waals surface area (Å²) in [6.45, 7) is 4.33. The van der Waals surface area contributed by atoms with Crippen molar-refractivity contribution in [2.75, 3.05) is 11.9 Å². The van der Waals surface area contributed by atoms with Gasteiger partial charge in [0, 0.05) is 17.0 Å². The maximum Gasteiger partial charge on any atom is 0.227 e. The quantitative estimate of drug-likeness (QED) is 0.884. The lowest BCUT2D eigenvalue weighted by molar-refractivity contribution is -0.119. The van der Waals surface area contributed by atoms with Crippen molar-refractivity contribution in [3.8, 4) is 0 Å².